The lowest BCUT2D eigenvalue weighted by molar-refractivity contribution is -0.385. The third-order valence-electron chi connectivity index (χ3n) is 3.66. The summed E-state index contributed by atoms with van der Waals surface area (Å²) in [6.07, 6.45) is 3.33. The summed E-state index contributed by atoms with van der Waals surface area (Å²) < 4.78 is 25.1. The van der Waals surface area contributed by atoms with E-state index in [1.54, 1.807) is 4.57 Å². The number of sulfone groups is 1. The molecule has 2 heterocycles. The van der Waals surface area contributed by atoms with Crippen LogP contribution in [0.25, 0.3) is 11.3 Å². The van der Waals surface area contributed by atoms with Crippen LogP contribution in [0.5, 0.6) is 0 Å². The molecule has 110 valence electrons. The zero-order valence-corrected chi connectivity index (χ0v) is 12.3. The van der Waals surface area contributed by atoms with Crippen molar-refractivity contribution < 1.29 is 13.3 Å². The van der Waals surface area contributed by atoms with Gasteiger partial charge in [0.1, 0.15) is 0 Å². The molecule has 0 radical (unpaired) electrons. The fraction of sp³-hybridized carbons (Fsp3) is 0.286. The number of benzene rings is 1. The number of hydrogen-bond acceptors (Lipinski definition) is 4. The molecule has 1 aromatic heterocycles. The number of nitrogens with zero attached hydrogens (tertiary/aromatic N) is 2. The van der Waals surface area contributed by atoms with E-state index in [9.17, 15) is 18.5 Å². The summed E-state index contributed by atoms with van der Waals surface area (Å²) in [6.45, 7) is 0.622. The molecule has 1 aliphatic rings. The van der Waals surface area contributed by atoms with Crippen molar-refractivity contribution in [3.05, 3.63) is 51.7 Å². The lowest BCUT2D eigenvalue weighted by Crippen LogP contribution is -2.11. The van der Waals surface area contributed by atoms with Crippen LogP contribution in [0.3, 0.4) is 0 Å². The van der Waals surface area contributed by atoms with Crippen LogP contribution in [0.15, 0.2) is 30.5 Å². The van der Waals surface area contributed by atoms with Crippen molar-refractivity contribution in [2.24, 2.45) is 0 Å². The topological polar surface area (TPSA) is 82.2 Å². The van der Waals surface area contributed by atoms with Crippen LogP contribution >= 0.6 is 0 Å². The Morgan fingerprint density at radius 1 is 1.33 bits per heavy atom. The second kappa shape index (κ2) is 4.70. The fourth-order valence-electron chi connectivity index (χ4n) is 2.85. The molecule has 3 rings (SSSR count). The Balaban J connectivity index is 2.28. The van der Waals surface area contributed by atoms with Crippen molar-refractivity contribution in [1.29, 1.82) is 0 Å². The molecule has 1 aromatic carbocycles. The van der Waals surface area contributed by atoms with Crippen LogP contribution < -0.4 is 0 Å². The second-order valence-corrected chi connectivity index (χ2v) is 7.41. The molecule has 1 aliphatic heterocycles. The van der Waals surface area contributed by atoms with Gasteiger partial charge in [0, 0.05) is 18.4 Å². The van der Waals surface area contributed by atoms with Crippen molar-refractivity contribution in [1.82, 2.24) is 4.57 Å². The van der Waals surface area contributed by atoms with Crippen LogP contribution in [0.4, 0.5) is 5.69 Å². The summed E-state index contributed by atoms with van der Waals surface area (Å²) in [7, 11) is -3.36. The van der Waals surface area contributed by atoms with Gasteiger partial charge in [0.2, 0.25) is 0 Å². The molecule has 0 spiro atoms. The van der Waals surface area contributed by atoms with Crippen molar-refractivity contribution >= 4 is 15.5 Å². The van der Waals surface area contributed by atoms with E-state index in [2.05, 4.69) is 0 Å². The van der Waals surface area contributed by atoms with E-state index in [0.29, 0.717) is 12.2 Å². The van der Waals surface area contributed by atoms with Gasteiger partial charge < -0.3 is 4.57 Å². The van der Waals surface area contributed by atoms with Gasteiger partial charge in [-0.1, -0.05) is 24.3 Å². The van der Waals surface area contributed by atoms with E-state index >= 15 is 0 Å². The normalized spacial score (nSPS) is 13.6. The highest BCUT2D eigenvalue weighted by Gasteiger charge is 2.30. The highest BCUT2D eigenvalue weighted by molar-refractivity contribution is 7.89. The van der Waals surface area contributed by atoms with E-state index in [1.807, 2.05) is 24.3 Å². The van der Waals surface area contributed by atoms with Crippen LogP contribution in [0.1, 0.15) is 11.1 Å². The zero-order valence-electron chi connectivity index (χ0n) is 11.4. The summed E-state index contributed by atoms with van der Waals surface area (Å²) in [5.74, 6) is -0.319. The number of hydrogen-bond donors (Lipinski definition) is 0. The van der Waals surface area contributed by atoms with Gasteiger partial charge in [0.15, 0.2) is 9.84 Å². The van der Waals surface area contributed by atoms with Crippen molar-refractivity contribution in [2.45, 2.75) is 18.7 Å². The molecule has 0 saturated heterocycles. The predicted molar refractivity (Wildman–Crippen MR) is 78.8 cm³/mol. The first-order valence-electron chi connectivity index (χ1n) is 6.49. The monoisotopic (exact) mass is 306 g/mol. The van der Waals surface area contributed by atoms with Gasteiger partial charge in [0.05, 0.1) is 28.1 Å². The molecule has 0 amide bonds. The summed E-state index contributed by atoms with van der Waals surface area (Å²) >= 11 is 0. The number of fused-ring (bicyclic) bond motifs is 3. The number of aromatic nitrogens is 1. The smallest absolute Gasteiger partial charge is 0.291 e. The van der Waals surface area contributed by atoms with Crippen LogP contribution in [-0.2, 0) is 28.6 Å². The summed E-state index contributed by atoms with van der Waals surface area (Å²) in [5.41, 5.74) is 2.80. The highest BCUT2D eigenvalue weighted by Crippen LogP contribution is 2.38. The minimum absolute atomic E-state index is 0.118. The lowest BCUT2D eigenvalue weighted by Gasteiger charge is -2.19. The molecule has 2 aromatic rings. The van der Waals surface area contributed by atoms with Gasteiger partial charge >= 0.3 is 0 Å². The maximum atomic E-state index is 11.6. The second-order valence-electron chi connectivity index (χ2n) is 5.27. The molecular weight excluding hydrogens is 292 g/mol. The average Bonchev–Trinajstić information content (AvgIpc) is 2.76. The average molecular weight is 306 g/mol. The largest absolute Gasteiger partial charge is 0.341 e. The molecule has 0 bridgehead atoms. The van der Waals surface area contributed by atoms with Gasteiger partial charge in [-0.05, 0) is 12.0 Å². The van der Waals surface area contributed by atoms with Crippen molar-refractivity contribution in [3.63, 3.8) is 0 Å². The molecule has 21 heavy (non-hydrogen) atoms. The Bertz CT molecular complexity index is 837. The Hall–Kier alpha value is -2.15. The Morgan fingerprint density at radius 2 is 2.05 bits per heavy atom. The number of nitro groups is 1. The molecule has 0 unspecified atom stereocenters. The Morgan fingerprint density at radius 3 is 2.71 bits per heavy atom. The zero-order chi connectivity index (χ0) is 15.2. The number of rotatable bonds is 3. The quantitative estimate of drug-likeness (QED) is 0.642. The van der Waals surface area contributed by atoms with Crippen molar-refractivity contribution in [3.8, 4) is 11.3 Å². The van der Waals surface area contributed by atoms with E-state index in [-0.39, 0.29) is 17.0 Å². The summed E-state index contributed by atoms with van der Waals surface area (Å²) in [5, 5.41) is 11.2. The third kappa shape index (κ3) is 2.44. The minimum Gasteiger partial charge on any atom is -0.341 e. The highest BCUT2D eigenvalue weighted by atomic mass is 32.2. The maximum Gasteiger partial charge on any atom is 0.291 e. The molecule has 0 saturated carbocycles. The first-order chi connectivity index (χ1) is 9.87. The van der Waals surface area contributed by atoms with E-state index in [4.69, 9.17) is 0 Å². The van der Waals surface area contributed by atoms with Gasteiger partial charge in [-0.25, -0.2) is 8.42 Å². The molecule has 7 heteroatoms. The first kappa shape index (κ1) is 13.8. The van der Waals surface area contributed by atoms with E-state index in [1.165, 1.54) is 6.20 Å². The summed E-state index contributed by atoms with van der Waals surface area (Å²) in [6, 6.07) is 7.64. The van der Waals surface area contributed by atoms with Crippen LogP contribution in [0, 0.1) is 10.1 Å². The third-order valence-corrected chi connectivity index (χ3v) is 4.47. The SMILES string of the molecule is CS(=O)(=O)Cc1c([N+](=O)[O-])cn2c1-c1ccccc1CC2. The van der Waals surface area contributed by atoms with Crippen LogP contribution in [0.2, 0.25) is 0 Å². The standard InChI is InChI=1S/C14H14N2O4S/c1-21(19,20)9-12-13(16(17)18)8-15-7-6-10-4-2-3-5-11(10)14(12)15/h2-5,8H,6-7,9H2,1H3. The molecule has 0 atom stereocenters. The number of aryl methyl sites for hydroxylation is 2. The molecule has 0 fully saturated rings. The van der Waals surface area contributed by atoms with Crippen molar-refractivity contribution in [2.75, 3.05) is 6.26 Å². The minimum atomic E-state index is -3.36. The Labute approximate surface area is 122 Å². The van der Waals surface area contributed by atoms with Gasteiger partial charge in [-0.2, -0.15) is 0 Å². The first-order valence-corrected chi connectivity index (χ1v) is 8.55. The predicted octanol–water partition coefficient (Wildman–Crippen LogP) is 2.16. The van der Waals surface area contributed by atoms with Gasteiger partial charge in [-0.3, -0.25) is 10.1 Å². The molecule has 6 nitrogen and oxygen atoms in total. The van der Waals surface area contributed by atoms with Crippen LogP contribution in [-0.4, -0.2) is 24.2 Å². The Kier molecular flexibility index (Phi) is 3.09. The van der Waals surface area contributed by atoms with E-state index in [0.717, 1.165) is 23.8 Å². The molecule has 0 aliphatic carbocycles. The maximum absolute atomic E-state index is 11.6. The van der Waals surface area contributed by atoms with Gasteiger partial charge in [0.25, 0.3) is 5.69 Å². The van der Waals surface area contributed by atoms with E-state index < -0.39 is 14.8 Å². The molecule has 0 N–H and O–H groups in total. The molecular formula is C14H14N2O4S. The van der Waals surface area contributed by atoms with Gasteiger partial charge in [-0.15, -0.1) is 0 Å². The lowest BCUT2D eigenvalue weighted by atomic mass is 9.97. The summed E-state index contributed by atoms with van der Waals surface area (Å²) in [4.78, 5) is 10.7. The fourth-order valence-corrected chi connectivity index (χ4v) is 3.66.